The monoisotopic (exact) mass is 352 g/mol. The second-order valence-corrected chi connectivity index (χ2v) is 6.87. The van der Waals surface area contributed by atoms with Crippen LogP contribution < -0.4 is 5.32 Å². The number of amides is 1. The van der Waals surface area contributed by atoms with Crippen molar-refractivity contribution in [1.29, 1.82) is 0 Å². The molecule has 6 heteroatoms. The first-order valence-electron chi connectivity index (χ1n) is 8.12. The summed E-state index contributed by atoms with van der Waals surface area (Å²) in [6.45, 7) is 4.07. The van der Waals surface area contributed by atoms with Gasteiger partial charge in [0, 0.05) is 34.8 Å². The number of rotatable bonds is 6. The van der Waals surface area contributed by atoms with Crippen LogP contribution in [0.4, 0.5) is 5.82 Å². The zero-order chi connectivity index (χ0) is 17.6. The SMILES string of the molecule is CCSCc1ccc(C(=O)Nc2n[nH]c(-c3ccncc3)c2C)cc1. The van der Waals surface area contributed by atoms with Gasteiger partial charge in [-0.2, -0.15) is 16.9 Å². The number of nitrogens with zero attached hydrogens (tertiary/aromatic N) is 2. The van der Waals surface area contributed by atoms with Crippen molar-refractivity contribution in [3.63, 3.8) is 0 Å². The molecule has 3 rings (SSSR count). The predicted molar refractivity (Wildman–Crippen MR) is 103 cm³/mol. The van der Waals surface area contributed by atoms with Gasteiger partial charge in [-0.15, -0.1) is 0 Å². The van der Waals surface area contributed by atoms with Crippen LogP contribution in [0.3, 0.4) is 0 Å². The van der Waals surface area contributed by atoms with Crippen molar-refractivity contribution in [3.05, 3.63) is 65.5 Å². The topological polar surface area (TPSA) is 70.7 Å². The summed E-state index contributed by atoms with van der Waals surface area (Å²) in [7, 11) is 0. The van der Waals surface area contributed by atoms with E-state index in [1.807, 2.05) is 55.1 Å². The molecule has 0 aliphatic carbocycles. The maximum atomic E-state index is 12.5. The molecule has 0 spiro atoms. The van der Waals surface area contributed by atoms with Crippen LogP contribution in [0.1, 0.15) is 28.4 Å². The fourth-order valence-electron chi connectivity index (χ4n) is 2.47. The number of benzene rings is 1. The highest BCUT2D eigenvalue weighted by Gasteiger charge is 2.14. The Morgan fingerprint density at radius 1 is 1.16 bits per heavy atom. The van der Waals surface area contributed by atoms with E-state index >= 15 is 0 Å². The summed E-state index contributed by atoms with van der Waals surface area (Å²) in [5.74, 6) is 2.43. The van der Waals surface area contributed by atoms with E-state index in [-0.39, 0.29) is 5.91 Å². The van der Waals surface area contributed by atoms with E-state index in [2.05, 4.69) is 27.4 Å². The van der Waals surface area contributed by atoms with E-state index in [1.54, 1.807) is 12.4 Å². The summed E-state index contributed by atoms with van der Waals surface area (Å²) < 4.78 is 0. The largest absolute Gasteiger partial charge is 0.305 e. The lowest BCUT2D eigenvalue weighted by molar-refractivity contribution is 0.102. The van der Waals surface area contributed by atoms with E-state index in [9.17, 15) is 4.79 Å². The molecule has 2 heterocycles. The van der Waals surface area contributed by atoms with Gasteiger partial charge in [-0.3, -0.25) is 14.9 Å². The van der Waals surface area contributed by atoms with Crippen LogP contribution in [0.15, 0.2) is 48.8 Å². The van der Waals surface area contributed by atoms with Crippen molar-refractivity contribution in [2.24, 2.45) is 0 Å². The van der Waals surface area contributed by atoms with Crippen LogP contribution in [0.25, 0.3) is 11.3 Å². The standard InChI is InChI=1S/C19H20N4OS/c1-3-25-12-14-4-6-16(7-5-14)19(24)21-18-13(2)17(22-23-18)15-8-10-20-11-9-15/h4-11H,3,12H2,1-2H3,(H2,21,22,23,24). The number of aromatic nitrogens is 3. The summed E-state index contributed by atoms with van der Waals surface area (Å²) in [5, 5.41) is 10.1. The molecule has 25 heavy (non-hydrogen) atoms. The second-order valence-electron chi connectivity index (χ2n) is 5.60. The lowest BCUT2D eigenvalue weighted by Crippen LogP contribution is -2.12. The molecule has 0 saturated carbocycles. The van der Waals surface area contributed by atoms with E-state index in [4.69, 9.17) is 0 Å². The van der Waals surface area contributed by atoms with Crippen molar-refractivity contribution in [1.82, 2.24) is 15.2 Å². The third-order valence-corrected chi connectivity index (χ3v) is 4.85. The Balaban J connectivity index is 1.72. The number of hydrogen-bond donors (Lipinski definition) is 2. The van der Waals surface area contributed by atoms with Gasteiger partial charge < -0.3 is 5.32 Å². The average molecular weight is 352 g/mol. The highest BCUT2D eigenvalue weighted by Crippen LogP contribution is 2.25. The van der Waals surface area contributed by atoms with E-state index < -0.39 is 0 Å². The molecule has 0 atom stereocenters. The molecule has 0 bridgehead atoms. The molecule has 128 valence electrons. The van der Waals surface area contributed by atoms with Gasteiger partial charge in [-0.1, -0.05) is 19.1 Å². The van der Waals surface area contributed by atoms with Crippen molar-refractivity contribution >= 4 is 23.5 Å². The van der Waals surface area contributed by atoms with Gasteiger partial charge in [0.25, 0.3) is 5.91 Å². The summed E-state index contributed by atoms with van der Waals surface area (Å²) in [6.07, 6.45) is 3.46. The van der Waals surface area contributed by atoms with Crippen molar-refractivity contribution in [3.8, 4) is 11.3 Å². The number of anilines is 1. The number of nitrogens with one attached hydrogen (secondary N) is 2. The van der Waals surface area contributed by atoms with Crippen molar-refractivity contribution < 1.29 is 4.79 Å². The average Bonchev–Trinajstić information content (AvgIpc) is 3.01. The van der Waals surface area contributed by atoms with Crippen molar-refractivity contribution in [2.75, 3.05) is 11.1 Å². The van der Waals surface area contributed by atoms with E-state index in [0.717, 1.165) is 28.3 Å². The lowest BCUT2D eigenvalue weighted by Gasteiger charge is -2.05. The van der Waals surface area contributed by atoms with Gasteiger partial charge >= 0.3 is 0 Å². The van der Waals surface area contributed by atoms with Gasteiger partial charge in [0.15, 0.2) is 5.82 Å². The Morgan fingerprint density at radius 3 is 2.56 bits per heavy atom. The van der Waals surface area contributed by atoms with Crippen molar-refractivity contribution in [2.45, 2.75) is 19.6 Å². The number of pyridine rings is 1. The van der Waals surface area contributed by atoms with E-state index in [1.165, 1.54) is 5.56 Å². The minimum absolute atomic E-state index is 0.162. The molecule has 1 aromatic carbocycles. The molecule has 0 radical (unpaired) electrons. The summed E-state index contributed by atoms with van der Waals surface area (Å²) in [6, 6.07) is 11.5. The predicted octanol–water partition coefficient (Wildman–Crippen LogP) is 4.29. The van der Waals surface area contributed by atoms with Crippen LogP contribution >= 0.6 is 11.8 Å². The highest BCUT2D eigenvalue weighted by molar-refractivity contribution is 7.98. The smallest absolute Gasteiger partial charge is 0.256 e. The van der Waals surface area contributed by atoms with Crippen LogP contribution in [0.5, 0.6) is 0 Å². The first-order valence-corrected chi connectivity index (χ1v) is 9.28. The molecule has 0 aliphatic heterocycles. The first-order chi connectivity index (χ1) is 12.2. The molecule has 2 aromatic heterocycles. The van der Waals surface area contributed by atoms with Gasteiger partial charge in [-0.05, 0) is 42.5 Å². The quantitative estimate of drug-likeness (QED) is 0.694. The molecule has 2 N–H and O–H groups in total. The molecular weight excluding hydrogens is 332 g/mol. The fraction of sp³-hybridized carbons (Fsp3) is 0.211. The zero-order valence-corrected chi connectivity index (χ0v) is 15.1. The third kappa shape index (κ3) is 4.09. The summed E-state index contributed by atoms with van der Waals surface area (Å²) >= 11 is 1.86. The highest BCUT2D eigenvalue weighted by atomic mass is 32.2. The fourth-order valence-corrected chi connectivity index (χ4v) is 3.10. The maximum absolute atomic E-state index is 12.5. The number of carbonyl (C=O) groups excluding carboxylic acids is 1. The summed E-state index contributed by atoms with van der Waals surface area (Å²) in [4.78, 5) is 16.5. The number of carbonyl (C=O) groups is 1. The van der Waals surface area contributed by atoms with Gasteiger partial charge in [0.2, 0.25) is 0 Å². The first kappa shape index (κ1) is 17.2. The minimum atomic E-state index is -0.162. The zero-order valence-electron chi connectivity index (χ0n) is 14.2. The van der Waals surface area contributed by atoms with Crippen LogP contribution in [-0.4, -0.2) is 26.8 Å². The second kappa shape index (κ2) is 7.98. The van der Waals surface area contributed by atoms with E-state index in [0.29, 0.717) is 11.4 Å². The number of thioether (sulfide) groups is 1. The number of H-pyrrole nitrogens is 1. The molecule has 1 amide bonds. The summed E-state index contributed by atoms with van der Waals surface area (Å²) in [5.41, 5.74) is 4.61. The molecular formula is C19H20N4OS. The molecule has 0 aliphatic rings. The Morgan fingerprint density at radius 2 is 1.88 bits per heavy atom. The Bertz CT molecular complexity index is 844. The number of aromatic amines is 1. The molecule has 0 fully saturated rings. The van der Waals surface area contributed by atoms with Crippen LogP contribution in [0.2, 0.25) is 0 Å². The van der Waals surface area contributed by atoms with Gasteiger partial charge in [0.05, 0.1) is 5.69 Å². The Hall–Kier alpha value is -2.60. The number of hydrogen-bond acceptors (Lipinski definition) is 4. The molecule has 0 saturated heterocycles. The lowest BCUT2D eigenvalue weighted by atomic mass is 10.1. The normalized spacial score (nSPS) is 10.6. The molecule has 0 unspecified atom stereocenters. The Kier molecular flexibility index (Phi) is 5.50. The van der Waals surface area contributed by atoms with Gasteiger partial charge in [-0.25, -0.2) is 0 Å². The molecule has 3 aromatic rings. The van der Waals surface area contributed by atoms with Crippen LogP contribution in [-0.2, 0) is 5.75 Å². The minimum Gasteiger partial charge on any atom is -0.305 e. The Labute approximate surface area is 151 Å². The third-order valence-electron chi connectivity index (χ3n) is 3.90. The maximum Gasteiger partial charge on any atom is 0.256 e. The van der Waals surface area contributed by atoms with Crippen LogP contribution in [0, 0.1) is 6.92 Å². The molecule has 5 nitrogen and oxygen atoms in total. The van der Waals surface area contributed by atoms with Gasteiger partial charge in [0.1, 0.15) is 0 Å².